The topological polar surface area (TPSA) is 73.6 Å². The largest absolute Gasteiger partial charge is 0.398 e. The normalized spacial score (nSPS) is 17.2. The van der Waals surface area contributed by atoms with E-state index in [1.54, 1.807) is 18.2 Å². The molecular weight excluding hydrogens is 292 g/mol. The first kappa shape index (κ1) is 17.8. The Morgan fingerprint density at radius 3 is 2.95 bits per heavy atom. The Kier molecular flexibility index (Phi) is 8.12. The molecule has 6 heteroatoms. The summed E-state index contributed by atoms with van der Waals surface area (Å²) in [6.45, 7) is 3.65. The van der Waals surface area contributed by atoms with Crippen LogP contribution in [-0.4, -0.2) is 38.9 Å². The highest BCUT2D eigenvalue weighted by Crippen LogP contribution is 2.12. The second-order valence-electron chi connectivity index (χ2n) is 5.00. The monoisotopic (exact) mass is 314 g/mol. The molecule has 21 heavy (non-hydrogen) atoms. The number of hydrogen-bond acceptors (Lipinski definition) is 4. The summed E-state index contributed by atoms with van der Waals surface area (Å²) >= 11 is 0. The molecule has 1 aliphatic heterocycles. The van der Waals surface area contributed by atoms with Crippen molar-refractivity contribution in [2.75, 3.05) is 38.7 Å². The molecule has 0 radical (unpaired) electrons. The van der Waals surface area contributed by atoms with E-state index in [1.165, 1.54) is 0 Å². The number of hydrogen-bond donors (Lipinski definition) is 2. The predicted molar refractivity (Wildman–Crippen MR) is 84.8 cm³/mol. The summed E-state index contributed by atoms with van der Waals surface area (Å²) in [5, 5.41) is 2.84. The van der Waals surface area contributed by atoms with Gasteiger partial charge in [0.15, 0.2) is 0 Å². The summed E-state index contributed by atoms with van der Waals surface area (Å²) in [5.41, 5.74) is 6.77. The van der Waals surface area contributed by atoms with Crippen molar-refractivity contribution < 1.29 is 14.3 Å². The maximum Gasteiger partial charge on any atom is 0.253 e. The molecular formula is C15H23ClN2O3. The fraction of sp³-hybridized carbons (Fsp3) is 0.533. The van der Waals surface area contributed by atoms with E-state index in [-0.39, 0.29) is 18.3 Å². The number of rotatable bonds is 7. The smallest absolute Gasteiger partial charge is 0.253 e. The third-order valence-corrected chi connectivity index (χ3v) is 3.33. The molecule has 1 saturated heterocycles. The standard InChI is InChI=1S/C15H22N2O3.ClH/c16-14-5-2-1-4-13(14)15(18)17-7-3-8-19-10-12-6-9-20-11-12;/h1-2,4-5,12H,3,6-11,16H2,(H,17,18);1H. The number of para-hydroxylation sites is 1. The molecule has 1 aliphatic rings. The average molecular weight is 315 g/mol. The molecule has 1 aromatic rings. The Morgan fingerprint density at radius 1 is 1.43 bits per heavy atom. The third-order valence-electron chi connectivity index (χ3n) is 3.33. The number of carbonyl (C=O) groups excluding carboxylic acids is 1. The molecule has 118 valence electrons. The van der Waals surface area contributed by atoms with Crippen LogP contribution in [-0.2, 0) is 9.47 Å². The first-order chi connectivity index (χ1) is 9.77. The summed E-state index contributed by atoms with van der Waals surface area (Å²) in [6, 6.07) is 7.06. The lowest BCUT2D eigenvalue weighted by Gasteiger charge is -2.09. The number of nitrogen functional groups attached to an aromatic ring is 1. The van der Waals surface area contributed by atoms with E-state index in [2.05, 4.69) is 5.32 Å². The molecule has 2 rings (SSSR count). The predicted octanol–water partition coefficient (Wildman–Crippen LogP) is 1.86. The summed E-state index contributed by atoms with van der Waals surface area (Å²) < 4.78 is 10.9. The van der Waals surface area contributed by atoms with E-state index >= 15 is 0 Å². The van der Waals surface area contributed by atoms with E-state index < -0.39 is 0 Å². The van der Waals surface area contributed by atoms with Crippen molar-refractivity contribution in [2.45, 2.75) is 12.8 Å². The zero-order valence-electron chi connectivity index (χ0n) is 12.0. The van der Waals surface area contributed by atoms with Crippen molar-refractivity contribution in [3.63, 3.8) is 0 Å². The molecule has 1 unspecified atom stereocenters. The number of amides is 1. The summed E-state index contributed by atoms with van der Waals surface area (Å²) in [5.74, 6) is 0.404. The SMILES string of the molecule is Cl.Nc1ccccc1C(=O)NCCCOCC1CCOC1. The Hall–Kier alpha value is -1.30. The van der Waals surface area contributed by atoms with Gasteiger partial charge in [0.25, 0.3) is 5.91 Å². The van der Waals surface area contributed by atoms with Gasteiger partial charge in [-0.2, -0.15) is 0 Å². The van der Waals surface area contributed by atoms with Crippen molar-refractivity contribution in [1.82, 2.24) is 5.32 Å². The number of nitrogens with one attached hydrogen (secondary N) is 1. The zero-order valence-corrected chi connectivity index (χ0v) is 12.9. The Bertz CT molecular complexity index is 437. The Labute approximate surface area is 131 Å². The lowest BCUT2D eigenvalue weighted by Crippen LogP contribution is -2.26. The molecule has 0 aromatic heterocycles. The molecule has 0 spiro atoms. The minimum atomic E-state index is -0.132. The summed E-state index contributed by atoms with van der Waals surface area (Å²) in [7, 11) is 0. The van der Waals surface area contributed by atoms with Crippen LogP contribution in [0.3, 0.4) is 0 Å². The van der Waals surface area contributed by atoms with Crippen LogP contribution in [0.4, 0.5) is 5.69 Å². The number of ether oxygens (including phenoxy) is 2. The van der Waals surface area contributed by atoms with Crippen LogP contribution in [0.15, 0.2) is 24.3 Å². The maximum atomic E-state index is 11.9. The van der Waals surface area contributed by atoms with Gasteiger partial charge in [0, 0.05) is 31.4 Å². The molecule has 0 aliphatic carbocycles. The molecule has 1 atom stereocenters. The maximum absolute atomic E-state index is 11.9. The van der Waals surface area contributed by atoms with Gasteiger partial charge in [-0.1, -0.05) is 12.1 Å². The van der Waals surface area contributed by atoms with Gasteiger partial charge in [0.2, 0.25) is 0 Å². The van der Waals surface area contributed by atoms with Crippen LogP contribution >= 0.6 is 12.4 Å². The first-order valence-corrected chi connectivity index (χ1v) is 7.05. The van der Waals surface area contributed by atoms with Gasteiger partial charge in [-0.3, -0.25) is 4.79 Å². The number of nitrogens with two attached hydrogens (primary N) is 1. The number of anilines is 1. The minimum absolute atomic E-state index is 0. The second kappa shape index (κ2) is 9.60. The van der Waals surface area contributed by atoms with E-state index in [9.17, 15) is 4.79 Å². The van der Waals surface area contributed by atoms with Crippen LogP contribution < -0.4 is 11.1 Å². The highest BCUT2D eigenvalue weighted by Gasteiger charge is 2.15. The zero-order chi connectivity index (χ0) is 14.2. The average Bonchev–Trinajstić information content (AvgIpc) is 2.96. The van der Waals surface area contributed by atoms with Gasteiger partial charge in [-0.25, -0.2) is 0 Å². The summed E-state index contributed by atoms with van der Waals surface area (Å²) in [4.78, 5) is 11.9. The number of carbonyl (C=O) groups is 1. The molecule has 1 fully saturated rings. The summed E-state index contributed by atoms with van der Waals surface area (Å²) in [6.07, 6.45) is 1.88. The molecule has 3 N–H and O–H groups in total. The third kappa shape index (κ3) is 5.91. The van der Waals surface area contributed by atoms with E-state index in [1.807, 2.05) is 6.07 Å². The van der Waals surface area contributed by atoms with Crippen LogP contribution in [0.5, 0.6) is 0 Å². The fourth-order valence-corrected chi connectivity index (χ4v) is 2.14. The van der Waals surface area contributed by atoms with Crippen molar-refractivity contribution in [1.29, 1.82) is 0 Å². The second-order valence-corrected chi connectivity index (χ2v) is 5.00. The molecule has 0 saturated carbocycles. The lowest BCUT2D eigenvalue weighted by atomic mass is 10.1. The van der Waals surface area contributed by atoms with Crippen LogP contribution in [0.1, 0.15) is 23.2 Å². The first-order valence-electron chi connectivity index (χ1n) is 7.05. The van der Waals surface area contributed by atoms with Crippen molar-refractivity contribution >= 4 is 24.0 Å². The molecule has 1 aromatic carbocycles. The van der Waals surface area contributed by atoms with Gasteiger partial charge in [0.05, 0.1) is 18.8 Å². The van der Waals surface area contributed by atoms with Crippen molar-refractivity contribution in [3.05, 3.63) is 29.8 Å². The Balaban J connectivity index is 0.00000220. The fourth-order valence-electron chi connectivity index (χ4n) is 2.14. The highest BCUT2D eigenvalue weighted by atomic mass is 35.5. The van der Waals surface area contributed by atoms with Gasteiger partial charge < -0.3 is 20.5 Å². The van der Waals surface area contributed by atoms with Gasteiger partial charge in [-0.05, 0) is 25.0 Å². The van der Waals surface area contributed by atoms with E-state index in [0.717, 1.165) is 32.7 Å². The minimum Gasteiger partial charge on any atom is -0.398 e. The lowest BCUT2D eigenvalue weighted by molar-refractivity contribution is 0.0854. The quantitative estimate of drug-likeness (QED) is 0.595. The number of benzene rings is 1. The van der Waals surface area contributed by atoms with Crippen molar-refractivity contribution in [3.8, 4) is 0 Å². The van der Waals surface area contributed by atoms with Crippen molar-refractivity contribution in [2.24, 2.45) is 5.92 Å². The van der Waals surface area contributed by atoms with Gasteiger partial charge in [0.1, 0.15) is 0 Å². The van der Waals surface area contributed by atoms with Crippen LogP contribution in [0, 0.1) is 5.92 Å². The van der Waals surface area contributed by atoms with Gasteiger partial charge >= 0.3 is 0 Å². The molecule has 1 amide bonds. The van der Waals surface area contributed by atoms with Crippen LogP contribution in [0.25, 0.3) is 0 Å². The molecule has 0 bridgehead atoms. The van der Waals surface area contributed by atoms with E-state index in [4.69, 9.17) is 15.2 Å². The highest BCUT2D eigenvalue weighted by molar-refractivity contribution is 5.98. The van der Waals surface area contributed by atoms with E-state index in [0.29, 0.717) is 30.3 Å². The number of halogens is 1. The van der Waals surface area contributed by atoms with Gasteiger partial charge in [-0.15, -0.1) is 12.4 Å². The Morgan fingerprint density at radius 2 is 2.24 bits per heavy atom. The molecule has 5 nitrogen and oxygen atoms in total. The van der Waals surface area contributed by atoms with Crippen LogP contribution in [0.2, 0.25) is 0 Å². The molecule has 1 heterocycles.